The van der Waals surface area contributed by atoms with Gasteiger partial charge in [-0.1, -0.05) is 32.4 Å². The van der Waals surface area contributed by atoms with Gasteiger partial charge in [-0.15, -0.1) is 0 Å². The lowest BCUT2D eigenvalue weighted by molar-refractivity contribution is 0.0744. The van der Waals surface area contributed by atoms with Gasteiger partial charge in [0.2, 0.25) is 5.65 Å². The van der Waals surface area contributed by atoms with Crippen molar-refractivity contribution in [3.63, 3.8) is 0 Å². The smallest absolute Gasteiger partial charge is 0.300 e. The number of aromatic nitrogens is 5. The van der Waals surface area contributed by atoms with E-state index in [1.807, 2.05) is 21.9 Å². The first-order valence-electron chi connectivity index (χ1n) is 11.8. The minimum Gasteiger partial charge on any atom is -0.496 e. The minimum absolute atomic E-state index is 0.0538. The van der Waals surface area contributed by atoms with Crippen LogP contribution in [0.25, 0.3) is 22.5 Å². The van der Waals surface area contributed by atoms with Gasteiger partial charge in [-0.3, -0.25) is 4.79 Å². The Labute approximate surface area is 213 Å². The molecular formula is C25H28ClN7O3. The van der Waals surface area contributed by atoms with E-state index >= 15 is 0 Å². The highest BCUT2D eigenvalue weighted by Crippen LogP contribution is 2.30. The van der Waals surface area contributed by atoms with Gasteiger partial charge in [0, 0.05) is 37.3 Å². The molecule has 5 rings (SSSR count). The summed E-state index contributed by atoms with van der Waals surface area (Å²) >= 11 is 5.95. The summed E-state index contributed by atoms with van der Waals surface area (Å²) < 4.78 is 11.4. The molecule has 0 atom stereocenters. The monoisotopic (exact) mass is 509 g/mol. The van der Waals surface area contributed by atoms with Gasteiger partial charge in [-0.2, -0.15) is 20.0 Å². The van der Waals surface area contributed by atoms with E-state index in [-0.39, 0.29) is 11.3 Å². The predicted octanol–water partition coefficient (Wildman–Crippen LogP) is 4.15. The van der Waals surface area contributed by atoms with Crippen LogP contribution >= 0.6 is 11.6 Å². The molecule has 11 heteroatoms. The molecule has 10 nitrogen and oxygen atoms in total. The maximum atomic E-state index is 13.3. The normalized spacial score (nSPS) is 14.5. The third-order valence-corrected chi connectivity index (χ3v) is 6.13. The molecule has 3 aromatic heterocycles. The van der Waals surface area contributed by atoms with E-state index in [1.54, 1.807) is 36.3 Å². The summed E-state index contributed by atoms with van der Waals surface area (Å²) in [7, 11) is 1.59. The first kappa shape index (κ1) is 24.1. The van der Waals surface area contributed by atoms with E-state index < -0.39 is 0 Å². The average Bonchev–Trinajstić information content (AvgIpc) is 3.48. The molecule has 0 bridgehead atoms. The van der Waals surface area contributed by atoms with Crippen molar-refractivity contribution in [3.05, 3.63) is 47.2 Å². The van der Waals surface area contributed by atoms with Crippen LogP contribution in [0.5, 0.6) is 5.75 Å². The van der Waals surface area contributed by atoms with Crippen molar-refractivity contribution in [1.29, 1.82) is 0 Å². The van der Waals surface area contributed by atoms with Crippen LogP contribution in [0.4, 0.5) is 6.01 Å². The second kappa shape index (κ2) is 9.42. The zero-order valence-corrected chi connectivity index (χ0v) is 21.5. The molecule has 4 heterocycles. The van der Waals surface area contributed by atoms with Crippen LogP contribution in [-0.4, -0.2) is 69.1 Å². The third kappa shape index (κ3) is 4.99. The summed E-state index contributed by atoms with van der Waals surface area (Å²) in [5.74, 6) is 0.529. The maximum absolute atomic E-state index is 13.3. The number of carbonyl (C=O) groups is 1. The van der Waals surface area contributed by atoms with Crippen LogP contribution in [0.3, 0.4) is 0 Å². The number of anilines is 1. The molecule has 1 aromatic carbocycles. The Hall–Kier alpha value is -3.66. The van der Waals surface area contributed by atoms with Gasteiger partial charge >= 0.3 is 0 Å². The number of oxazole rings is 1. The summed E-state index contributed by atoms with van der Waals surface area (Å²) in [5.41, 5.74) is 3.18. The Balaban J connectivity index is 1.27. The Kier molecular flexibility index (Phi) is 6.29. The molecule has 188 valence electrons. The van der Waals surface area contributed by atoms with E-state index in [0.717, 1.165) is 5.56 Å². The number of methoxy groups -OCH3 is 1. The van der Waals surface area contributed by atoms with E-state index in [9.17, 15) is 4.79 Å². The number of carbonyl (C=O) groups excluding carboxylic acids is 1. The van der Waals surface area contributed by atoms with E-state index in [1.165, 1.54) is 0 Å². The van der Waals surface area contributed by atoms with E-state index in [4.69, 9.17) is 20.8 Å². The highest BCUT2D eigenvalue weighted by molar-refractivity contribution is 6.29. The summed E-state index contributed by atoms with van der Waals surface area (Å²) in [6.45, 7) is 9.38. The van der Waals surface area contributed by atoms with Gasteiger partial charge in [0.05, 0.1) is 19.9 Å². The lowest BCUT2D eigenvalue weighted by atomic mass is 9.97. The fraction of sp³-hybridized carbons (Fsp3) is 0.400. The molecule has 0 saturated carbocycles. The quantitative estimate of drug-likeness (QED) is 0.370. The standard InChI is InChI=1S/C25H28ClN7O3/c1-25(2,3)15-33-27-14-18(30-33)17-6-5-16(13-20(17)35-4)23(34)31-9-11-32(12-10-31)24-29-22-19(36-24)7-8-21(26)28-22/h5-8,13-14H,9-12,15H2,1-4H3. The number of pyridine rings is 1. The number of rotatable bonds is 5. The molecule has 0 unspecified atom stereocenters. The molecule has 4 aromatic rings. The van der Waals surface area contributed by atoms with Crippen LogP contribution < -0.4 is 9.64 Å². The molecular weight excluding hydrogens is 482 g/mol. The molecule has 36 heavy (non-hydrogen) atoms. The molecule has 0 N–H and O–H groups in total. The number of hydrogen-bond donors (Lipinski definition) is 0. The van der Waals surface area contributed by atoms with Crippen molar-refractivity contribution in [1.82, 2.24) is 29.9 Å². The summed E-state index contributed by atoms with van der Waals surface area (Å²) in [6.07, 6.45) is 1.72. The topological polar surface area (TPSA) is 102 Å². The van der Waals surface area contributed by atoms with Gasteiger partial charge in [-0.05, 0) is 35.7 Å². The van der Waals surface area contributed by atoms with Crippen LogP contribution in [-0.2, 0) is 6.54 Å². The molecule has 0 spiro atoms. The Bertz CT molecular complexity index is 1400. The molecule has 1 aliphatic rings. The fourth-order valence-electron chi connectivity index (χ4n) is 4.16. The van der Waals surface area contributed by atoms with Gasteiger partial charge < -0.3 is 19.0 Å². The number of benzene rings is 1. The van der Waals surface area contributed by atoms with Crippen LogP contribution in [0.15, 0.2) is 40.9 Å². The van der Waals surface area contributed by atoms with E-state index in [2.05, 4.69) is 40.9 Å². The zero-order valence-electron chi connectivity index (χ0n) is 20.7. The first-order chi connectivity index (χ1) is 17.2. The number of halogens is 1. The van der Waals surface area contributed by atoms with Gasteiger partial charge in [0.25, 0.3) is 11.9 Å². The SMILES string of the molecule is COc1cc(C(=O)N2CCN(c3nc4nc(Cl)ccc4o3)CC2)ccc1-c1cnn(CC(C)(C)C)n1. The number of ether oxygens (including phenoxy) is 1. The number of fused-ring (bicyclic) bond motifs is 1. The second-order valence-corrected chi connectivity index (χ2v) is 10.4. The highest BCUT2D eigenvalue weighted by Gasteiger charge is 2.26. The van der Waals surface area contributed by atoms with E-state index in [0.29, 0.717) is 72.1 Å². The summed E-state index contributed by atoms with van der Waals surface area (Å²) in [6, 6.07) is 9.35. The van der Waals surface area contributed by atoms with Crippen molar-refractivity contribution in [2.45, 2.75) is 27.3 Å². The highest BCUT2D eigenvalue weighted by atomic mass is 35.5. The van der Waals surface area contributed by atoms with Crippen molar-refractivity contribution >= 4 is 34.8 Å². The van der Waals surface area contributed by atoms with Crippen LogP contribution in [0.1, 0.15) is 31.1 Å². The number of amides is 1. The Morgan fingerprint density at radius 3 is 2.61 bits per heavy atom. The number of hydrogen-bond acceptors (Lipinski definition) is 8. The molecule has 1 aliphatic heterocycles. The molecule has 0 radical (unpaired) electrons. The second-order valence-electron chi connectivity index (χ2n) is 9.97. The fourth-order valence-corrected chi connectivity index (χ4v) is 4.30. The summed E-state index contributed by atoms with van der Waals surface area (Å²) in [5, 5.41) is 9.35. The molecule has 1 fully saturated rings. The lowest BCUT2D eigenvalue weighted by Crippen LogP contribution is -2.48. The minimum atomic E-state index is -0.0538. The summed E-state index contributed by atoms with van der Waals surface area (Å²) in [4.78, 5) is 27.4. The molecule has 1 saturated heterocycles. The van der Waals surface area contributed by atoms with Crippen molar-refractivity contribution in [2.24, 2.45) is 5.41 Å². The van der Waals surface area contributed by atoms with Gasteiger partial charge in [0.15, 0.2) is 5.58 Å². The van der Waals surface area contributed by atoms with Crippen LogP contribution in [0.2, 0.25) is 5.15 Å². The first-order valence-corrected chi connectivity index (χ1v) is 12.1. The zero-order chi connectivity index (χ0) is 25.4. The molecule has 1 amide bonds. The Morgan fingerprint density at radius 1 is 1.11 bits per heavy atom. The lowest BCUT2D eigenvalue weighted by Gasteiger charge is -2.33. The number of piperazine rings is 1. The third-order valence-electron chi connectivity index (χ3n) is 5.92. The van der Waals surface area contributed by atoms with Crippen LogP contribution in [0, 0.1) is 5.41 Å². The maximum Gasteiger partial charge on any atom is 0.300 e. The predicted molar refractivity (Wildman–Crippen MR) is 136 cm³/mol. The largest absolute Gasteiger partial charge is 0.496 e. The number of nitrogens with zero attached hydrogens (tertiary/aromatic N) is 7. The van der Waals surface area contributed by atoms with Gasteiger partial charge in [0.1, 0.15) is 16.6 Å². The molecule has 0 aliphatic carbocycles. The average molecular weight is 510 g/mol. The Morgan fingerprint density at radius 2 is 1.89 bits per heavy atom. The van der Waals surface area contributed by atoms with Crippen molar-refractivity contribution < 1.29 is 13.9 Å². The van der Waals surface area contributed by atoms with Crippen molar-refractivity contribution in [3.8, 4) is 17.0 Å². The van der Waals surface area contributed by atoms with Crippen molar-refractivity contribution in [2.75, 3.05) is 38.2 Å². The van der Waals surface area contributed by atoms with Gasteiger partial charge in [-0.25, -0.2) is 4.98 Å².